The lowest BCUT2D eigenvalue weighted by Gasteiger charge is -1.99. The third kappa shape index (κ3) is 1.84. The lowest BCUT2D eigenvalue weighted by atomic mass is 10.3. The Morgan fingerprint density at radius 2 is 1.50 bits per heavy atom. The van der Waals surface area contributed by atoms with Crippen LogP contribution in [0.25, 0.3) is 11.4 Å². The van der Waals surface area contributed by atoms with Crippen molar-refractivity contribution in [1.82, 2.24) is 9.78 Å². The first-order valence-corrected chi connectivity index (χ1v) is 5.64. The van der Waals surface area contributed by atoms with Crippen molar-refractivity contribution in [3.05, 3.63) is 67.0 Å². The van der Waals surface area contributed by atoms with Gasteiger partial charge in [0.05, 0.1) is 0 Å². The number of nitrogens with zero attached hydrogens (tertiary/aromatic N) is 3. The van der Waals surface area contributed by atoms with E-state index in [4.69, 9.17) is 0 Å². The summed E-state index contributed by atoms with van der Waals surface area (Å²) in [5.74, 6) is 0. The summed E-state index contributed by atoms with van der Waals surface area (Å²) in [5.41, 5.74) is 1.67. The zero-order valence-corrected chi connectivity index (χ0v) is 9.60. The highest BCUT2D eigenvalue weighted by Crippen LogP contribution is 2.07. The molecule has 4 nitrogen and oxygen atoms in total. The molecular weight excluding hydrogens is 226 g/mol. The molecule has 0 spiro atoms. The van der Waals surface area contributed by atoms with Crippen LogP contribution in [0, 0.1) is 0 Å². The van der Waals surface area contributed by atoms with Gasteiger partial charge >= 0.3 is 0 Å². The van der Waals surface area contributed by atoms with Crippen molar-refractivity contribution >= 4 is 0 Å². The summed E-state index contributed by atoms with van der Waals surface area (Å²) >= 11 is 0. The van der Waals surface area contributed by atoms with Gasteiger partial charge in [0.25, 0.3) is 0 Å². The van der Waals surface area contributed by atoms with Crippen molar-refractivity contribution in [2.75, 3.05) is 0 Å². The highest BCUT2D eigenvalue weighted by atomic mass is 16.3. The van der Waals surface area contributed by atoms with Crippen LogP contribution in [0.3, 0.4) is 0 Å². The minimum Gasteiger partial charge on any atom is -0.817 e. The minimum absolute atomic E-state index is 0.287. The summed E-state index contributed by atoms with van der Waals surface area (Å²) in [6.45, 7) is 0. The van der Waals surface area contributed by atoms with Gasteiger partial charge in [-0.15, -0.1) is 0 Å². The molecule has 3 rings (SSSR count). The number of benzene rings is 2. The zero-order valence-electron chi connectivity index (χ0n) is 9.60. The van der Waals surface area contributed by atoms with Crippen LogP contribution < -0.4 is 9.67 Å². The maximum atomic E-state index is 11.8. The average Bonchev–Trinajstić information content (AvgIpc) is 2.83. The molecule has 0 radical (unpaired) electrons. The first kappa shape index (κ1) is 10.5. The number of hydrogen-bond acceptors (Lipinski definition) is 2. The molecule has 1 aromatic heterocycles. The number of rotatable bonds is 2. The summed E-state index contributed by atoms with van der Waals surface area (Å²) in [6.07, 6.45) is 1.69. The molecule has 88 valence electrons. The molecule has 3 aromatic rings. The molecule has 0 fully saturated rings. The Bertz CT molecular complexity index is 647. The van der Waals surface area contributed by atoms with E-state index in [0.29, 0.717) is 0 Å². The van der Waals surface area contributed by atoms with E-state index in [-0.39, 0.29) is 6.01 Å². The van der Waals surface area contributed by atoms with Crippen molar-refractivity contribution < 1.29 is 9.67 Å². The molecule has 0 N–H and O–H groups in total. The van der Waals surface area contributed by atoms with Crippen molar-refractivity contribution in [2.24, 2.45) is 0 Å². The predicted octanol–water partition coefficient (Wildman–Crippen LogP) is 1.22. The zero-order chi connectivity index (χ0) is 12.4. The predicted molar refractivity (Wildman–Crippen MR) is 64.5 cm³/mol. The molecule has 0 aliphatic carbocycles. The molecule has 0 amide bonds. The molecule has 2 aromatic carbocycles. The molecule has 0 bridgehead atoms. The Hall–Kier alpha value is -2.62. The third-order valence-corrected chi connectivity index (χ3v) is 2.68. The second-order valence-electron chi connectivity index (χ2n) is 3.88. The molecular formula is C14H11N3O. The molecule has 18 heavy (non-hydrogen) atoms. The quantitative estimate of drug-likeness (QED) is 0.629. The van der Waals surface area contributed by atoms with Gasteiger partial charge in [0.2, 0.25) is 12.3 Å². The SMILES string of the molecule is [O-]c1nn(-c2ccccc2)c[n+]1-c1ccccc1. The van der Waals surface area contributed by atoms with Crippen LogP contribution in [0.2, 0.25) is 0 Å². The van der Waals surface area contributed by atoms with Crippen molar-refractivity contribution in [1.29, 1.82) is 0 Å². The highest BCUT2D eigenvalue weighted by molar-refractivity contribution is 5.29. The van der Waals surface area contributed by atoms with E-state index in [1.807, 2.05) is 60.7 Å². The molecule has 4 heteroatoms. The largest absolute Gasteiger partial charge is 0.817 e. The number of hydrogen-bond donors (Lipinski definition) is 0. The van der Waals surface area contributed by atoms with Gasteiger partial charge in [0.15, 0.2) is 0 Å². The van der Waals surface area contributed by atoms with Crippen LogP contribution >= 0.6 is 0 Å². The fourth-order valence-electron chi connectivity index (χ4n) is 1.80. The van der Waals surface area contributed by atoms with E-state index in [1.54, 1.807) is 11.0 Å². The monoisotopic (exact) mass is 237 g/mol. The second-order valence-corrected chi connectivity index (χ2v) is 3.88. The van der Waals surface area contributed by atoms with Gasteiger partial charge < -0.3 is 5.11 Å². The minimum atomic E-state index is -0.287. The normalized spacial score (nSPS) is 10.4. The van der Waals surface area contributed by atoms with Gasteiger partial charge in [-0.3, -0.25) is 0 Å². The highest BCUT2D eigenvalue weighted by Gasteiger charge is 2.12. The summed E-state index contributed by atoms with van der Waals surface area (Å²) in [6, 6.07) is 18.7. The van der Waals surface area contributed by atoms with Crippen LogP contribution in [0.15, 0.2) is 67.0 Å². The van der Waals surface area contributed by atoms with Gasteiger partial charge in [0, 0.05) is 5.10 Å². The molecule has 0 aliphatic rings. The molecule has 0 saturated carbocycles. The average molecular weight is 237 g/mol. The van der Waals surface area contributed by atoms with Gasteiger partial charge in [-0.05, 0) is 24.3 Å². The Morgan fingerprint density at radius 1 is 0.889 bits per heavy atom. The summed E-state index contributed by atoms with van der Waals surface area (Å²) in [4.78, 5) is 0. The maximum absolute atomic E-state index is 11.8. The lowest BCUT2D eigenvalue weighted by molar-refractivity contribution is -0.651. The molecule has 0 atom stereocenters. The van der Waals surface area contributed by atoms with Crippen LogP contribution in [0.1, 0.15) is 0 Å². The summed E-state index contributed by atoms with van der Waals surface area (Å²) < 4.78 is 3.10. The van der Waals surface area contributed by atoms with E-state index in [9.17, 15) is 5.11 Å². The fourth-order valence-corrected chi connectivity index (χ4v) is 1.80. The smallest absolute Gasteiger partial charge is 0.250 e. The van der Waals surface area contributed by atoms with Gasteiger partial charge in [-0.25, -0.2) is 4.57 Å². The van der Waals surface area contributed by atoms with E-state index >= 15 is 0 Å². The molecule has 0 saturated heterocycles. The first-order chi connectivity index (χ1) is 8.84. The molecule has 0 unspecified atom stereocenters. The van der Waals surface area contributed by atoms with Crippen LogP contribution in [-0.2, 0) is 0 Å². The Kier molecular flexibility index (Phi) is 2.53. The van der Waals surface area contributed by atoms with Crippen LogP contribution in [-0.4, -0.2) is 9.78 Å². The fraction of sp³-hybridized carbons (Fsp3) is 0. The Labute approximate surface area is 104 Å². The van der Waals surface area contributed by atoms with Gasteiger partial charge in [0.1, 0.15) is 11.4 Å². The Balaban J connectivity index is 2.07. The number of para-hydroxylation sites is 2. The van der Waals surface area contributed by atoms with Crippen LogP contribution in [0.4, 0.5) is 0 Å². The van der Waals surface area contributed by atoms with Gasteiger partial charge in [-0.1, -0.05) is 41.1 Å². The van der Waals surface area contributed by atoms with E-state index in [2.05, 4.69) is 5.10 Å². The maximum Gasteiger partial charge on any atom is 0.250 e. The van der Waals surface area contributed by atoms with E-state index in [0.717, 1.165) is 11.4 Å². The van der Waals surface area contributed by atoms with Crippen molar-refractivity contribution in [2.45, 2.75) is 0 Å². The second kappa shape index (κ2) is 4.33. The number of aromatic nitrogens is 3. The van der Waals surface area contributed by atoms with E-state index in [1.165, 1.54) is 4.57 Å². The standard InChI is InChI=1S/C14H11N3O/c18-14-15-17(13-9-5-2-6-10-13)11-16(14)12-7-3-1-4-8-12/h1-11H. The van der Waals surface area contributed by atoms with Gasteiger partial charge in [-0.2, -0.15) is 0 Å². The molecule has 1 heterocycles. The van der Waals surface area contributed by atoms with Crippen molar-refractivity contribution in [3.63, 3.8) is 0 Å². The Morgan fingerprint density at radius 3 is 2.17 bits per heavy atom. The summed E-state index contributed by atoms with van der Waals surface area (Å²) in [5, 5.41) is 15.8. The van der Waals surface area contributed by atoms with Crippen LogP contribution in [0.5, 0.6) is 6.01 Å². The van der Waals surface area contributed by atoms with E-state index < -0.39 is 0 Å². The third-order valence-electron chi connectivity index (χ3n) is 2.68. The molecule has 0 aliphatic heterocycles. The summed E-state index contributed by atoms with van der Waals surface area (Å²) in [7, 11) is 0. The topological polar surface area (TPSA) is 44.8 Å². The lowest BCUT2D eigenvalue weighted by Crippen LogP contribution is -2.32. The van der Waals surface area contributed by atoms with Crippen molar-refractivity contribution in [3.8, 4) is 17.4 Å². The first-order valence-electron chi connectivity index (χ1n) is 5.64.